The first-order valence-electron chi connectivity index (χ1n) is 5.84. The van der Waals surface area contributed by atoms with Gasteiger partial charge in [0.1, 0.15) is 5.01 Å². The fourth-order valence-electron chi connectivity index (χ4n) is 1.60. The number of amides is 1. The molecule has 1 aromatic carbocycles. The summed E-state index contributed by atoms with van der Waals surface area (Å²) in [6, 6.07) is 4.16. The molecule has 1 heterocycles. The highest BCUT2D eigenvalue weighted by Crippen LogP contribution is 2.18. The second kappa shape index (κ2) is 6.64. The Morgan fingerprint density at radius 3 is 2.90 bits per heavy atom. The minimum absolute atomic E-state index is 0.0923. The molecule has 2 aromatic rings. The van der Waals surface area contributed by atoms with Gasteiger partial charge in [0.25, 0.3) is 5.91 Å². The van der Waals surface area contributed by atoms with Crippen LogP contribution in [0.2, 0.25) is 5.02 Å². The lowest BCUT2D eigenvalue weighted by Gasteiger charge is -2.05. The quantitative estimate of drug-likeness (QED) is 0.883. The maximum atomic E-state index is 13.7. The van der Waals surface area contributed by atoms with Crippen LogP contribution in [0.25, 0.3) is 0 Å². The van der Waals surface area contributed by atoms with Gasteiger partial charge in [0.15, 0.2) is 5.82 Å². The molecule has 0 bridgehead atoms. The number of benzene rings is 1. The van der Waals surface area contributed by atoms with Crippen molar-refractivity contribution in [3.05, 3.63) is 50.7 Å². The number of carboxylic acids is 1. The Labute approximate surface area is 128 Å². The first kappa shape index (κ1) is 15.4. The van der Waals surface area contributed by atoms with Crippen molar-refractivity contribution in [1.29, 1.82) is 0 Å². The molecule has 0 saturated heterocycles. The molecule has 0 unspecified atom stereocenters. The molecule has 1 amide bonds. The summed E-state index contributed by atoms with van der Waals surface area (Å²) >= 11 is 6.83. The number of aromatic nitrogens is 1. The molecule has 1 aromatic heterocycles. The Kier molecular flexibility index (Phi) is 4.87. The van der Waals surface area contributed by atoms with Crippen LogP contribution in [0.4, 0.5) is 4.39 Å². The maximum Gasteiger partial charge on any atom is 0.309 e. The van der Waals surface area contributed by atoms with Crippen LogP contribution in [0.5, 0.6) is 0 Å². The number of aliphatic carboxylic acids is 1. The van der Waals surface area contributed by atoms with Crippen molar-refractivity contribution in [3.8, 4) is 0 Å². The third kappa shape index (κ3) is 3.99. The first-order valence-corrected chi connectivity index (χ1v) is 7.10. The van der Waals surface area contributed by atoms with Crippen LogP contribution in [0.3, 0.4) is 0 Å². The van der Waals surface area contributed by atoms with Crippen molar-refractivity contribution in [2.24, 2.45) is 0 Å². The summed E-state index contributed by atoms with van der Waals surface area (Å²) in [4.78, 5) is 26.4. The molecule has 2 rings (SSSR count). The Morgan fingerprint density at radius 2 is 2.19 bits per heavy atom. The van der Waals surface area contributed by atoms with Crippen LogP contribution in [0, 0.1) is 5.82 Å². The molecule has 0 radical (unpaired) electrons. The van der Waals surface area contributed by atoms with Gasteiger partial charge in [-0.15, -0.1) is 11.3 Å². The molecule has 0 fully saturated rings. The summed E-state index contributed by atoms with van der Waals surface area (Å²) in [5, 5.41) is 13.2. The van der Waals surface area contributed by atoms with E-state index in [1.165, 1.54) is 29.5 Å². The Morgan fingerprint density at radius 1 is 1.43 bits per heavy atom. The molecule has 8 heteroatoms. The van der Waals surface area contributed by atoms with Gasteiger partial charge in [-0.3, -0.25) is 9.59 Å². The lowest BCUT2D eigenvalue weighted by atomic mass is 10.2. The molecular weight excluding hydrogens is 319 g/mol. The number of thiazole rings is 1. The van der Waals surface area contributed by atoms with Crippen molar-refractivity contribution in [1.82, 2.24) is 10.3 Å². The smallest absolute Gasteiger partial charge is 0.309 e. The van der Waals surface area contributed by atoms with Crippen LogP contribution in [0.15, 0.2) is 23.6 Å². The molecule has 2 N–H and O–H groups in total. The van der Waals surface area contributed by atoms with Gasteiger partial charge in [0.05, 0.1) is 29.2 Å². The zero-order chi connectivity index (χ0) is 15.4. The summed E-state index contributed by atoms with van der Waals surface area (Å²) in [7, 11) is 0. The van der Waals surface area contributed by atoms with Gasteiger partial charge in [-0.2, -0.15) is 0 Å². The average molecular weight is 329 g/mol. The zero-order valence-corrected chi connectivity index (χ0v) is 12.2. The molecular formula is C13H10ClFN2O3S. The second-order valence-electron chi connectivity index (χ2n) is 4.09. The molecule has 0 aliphatic heterocycles. The van der Waals surface area contributed by atoms with Gasteiger partial charge < -0.3 is 10.4 Å². The van der Waals surface area contributed by atoms with Crippen LogP contribution >= 0.6 is 22.9 Å². The van der Waals surface area contributed by atoms with Gasteiger partial charge >= 0.3 is 5.97 Å². The van der Waals surface area contributed by atoms with E-state index in [0.29, 0.717) is 10.7 Å². The number of halogens is 2. The second-order valence-corrected chi connectivity index (χ2v) is 5.44. The normalized spacial score (nSPS) is 10.4. The highest BCUT2D eigenvalue weighted by Gasteiger charge is 2.14. The van der Waals surface area contributed by atoms with Gasteiger partial charge in [-0.05, 0) is 12.1 Å². The standard InChI is InChI=1S/C13H10ClFN2O3S/c14-9-3-1-2-8(12(9)15)13(20)16-5-10-17-7(6-21-10)4-11(18)19/h1-3,6H,4-5H2,(H,16,20)(H,18,19). The third-order valence-corrected chi connectivity index (χ3v) is 3.72. The number of carboxylic acid groups (broad SMARTS) is 1. The number of carbonyl (C=O) groups excluding carboxylic acids is 1. The predicted molar refractivity (Wildman–Crippen MR) is 76.0 cm³/mol. The Bertz CT molecular complexity index is 690. The predicted octanol–water partition coefficient (Wildman–Crippen LogP) is 2.49. The lowest BCUT2D eigenvalue weighted by Crippen LogP contribution is -2.23. The number of nitrogens with zero attached hydrogens (tertiary/aromatic N) is 1. The number of hydrogen-bond donors (Lipinski definition) is 2. The zero-order valence-electron chi connectivity index (χ0n) is 10.6. The molecule has 5 nitrogen and oxygen atoms in total. The van der Waals surface area contributed by atoms with Crippen molar-refractivity contribution in [2.45, 2.75) is 13.0 Å². The van der Waals surface area contributed by atoms with Gasteiger partial charge in [-0.25, -0.2) is 9.37 Å². The minimum atomic E-state index is -0.975. The third-order valence-electron chi connectivity index (χ3n) is 2.53. The van der Waals surface area contributed by atoms with Crippen molar-refractivity contribution >= 4 is 34.8 Å². The highest BCUT2D eigenvalue weighted by atomic mass is 35.5. The largest absolute Gasteiger partial charge is 0.481 e. The van der Waals surface area contributed by atoms with Crippen LogP contribution in [-0.2, 0) is 17.8 Å². The van der Waals surface area contributed by atoms with E-state index < -0.39 is 17.7 Å². The lowest BCUT2D eigenvalue weighted by molar-refractivity contribution is -0.136. The monoisotopic (exact) mass is 328 g/mol. The fraction of sp³-hybridized carbons (Fsp3) is 0.154. The van der Waals surface area contributed by atoms with Crippen molar-refractivity contribution < 1.29 is 19.1 Å². The molecule has 0 aliphatic carbocycles. The summed E-state index contributed by atoms with van der Waals surface area (Å²) in [6.45, 7) is 0.0923. The number of rotatable bonds is 5. The van der Waals surface area contributed by atoms with Crippen LogP contribution in [-0.4, -0.2) is 22.0 Å². The van der Waals surface area contributed by atoms with E-state index in [2.05, 4.69) is 10.3 Å². The van der Waals surface area contributed by atoms with E-state index >= 15 is 0 Å². The van der Waals surface area contributed by atoms with E-state index in [-0.39, 0.29) is 23.6 Å². The molecule has 110 valence electrons. The van der Waals surface area contributed by atoms with Crippen LogP contribution in [0.1, 0.15) is 21.1 Å². The van der Waals surface area contributed by atoms with Crippen molar-refractivity contribution in [2.75, 3.05) is 0 Å². The number of nitrogens with one attached hydrogen (secondary N) is 1. The summed E-state index contributed by atoms with van der Waals surface area (Å²) < 4.78 is 13.7. The van der Waals surface area contributed by atoms with E-state index in [0.717, 1.165) is 0 Å². The molecule has 0 saturated carbocycles. The van der Waals surface area contributed by atoms with E-state index in [1.807, 2.05) is 0 Å². The molecule has 21 heavy (non-hydrogen) atoms. The summed E-state index contributed by atoms with van der Waals surface area (Å²) in [6.07, 6.45) is -0.173. The maximum absolute atomic E-state index is 13.7. The first-order chi connectivity index (χ1) is 9.97. The topological polar surface area (TPSA) is 79.3 Å². The number of carbonyl (C=O) groups is 2. The minimum Gasteiger partial charge on any atom is -0.481 e. The van der Waals surface area contributed by atoms with E-state index in [1.54, 1.807) is 5.38 Å². The Hall–Kier alpha value is -1.99. The highest BCUT2D eigenvalue weighted by molar-refractivity contribution is 7.09. The van der Waals surface area contributed by atoms with Gasteiger partial charge in [-0.1, -0.05) is 17.7 Å². The molecule has 0 spiro atoms. The van der Waals surface area contributed by atoms with Crippen LogP contribution < -0.4 is 5.32 Å². The SMILES string of the molecule is O=C(O)Cc1csc(CNC(=O)c2cccc(Cl)c2F)n1. The fourth-order valence-corrected chi connectivity index (χ4v) is 2.50. The van der Waals surface area contributed by atoms with Gasteiger partial charge in [0, 0.05) is 5.38 Å². The molecule has 0 atom stereocenters. The summed E-state index contributed by atoms with van der Waals surface area (Å²) in [5.74, 6) is -2.36. The molecule has 0 aliphatic rings. The average Bonchev–Trinajstić information content (AvgIpc) is 2.86. The van der Waals surface area contributed by atoms with Gasteiger partial charge in [0.2, 0.25) is 0 Å². The Balaban J connectivity index is 1.99. The summed E-state index contributed by atoms with van der Waals surface area (Å²) in [5.41, 5.74) is 0.274. The van der Waals surface area contributed by atoms with E-state index in [4.69, 9.17) is 16.7 Å². The van der Waals surface area contributed by atoms with Crippen molar-refractivity contribution in [3.63, 3.8) is 0 Å². The number of hydrogen-bond acceptors (Lipinski definition) is 4. The van der Waals surface area contributed by atoms with E-state index in [9.17, 15) is 14.0 Å².